The first kappa shape index (κ1) is 28.8. The Hall–Kier alpha value is -4.24. The fourth-order valence-corrected chi connectivity index (χ4v) is 4.75. The highest BCUT2D eigenvalue weighted by Gasteiger charge is 2.65. The maximum absolute atomic E-state index is 14.0. The third kappa shape index (κ3) is 6.48. The molecule has 1 aliphatic carbocycles. The average Bonchev–Trinajstić information content (AvgIpc) is 3.71. The number of esters is 1. The van der Waals surface area contributed by atoms with Crippen LogP contribution in [-0.2, 0) is 38.7 Å². The van der Waals surface area contributed by atoms with Gasteiger partial charge in [0.05, 0.1) is 45.8 Å². The molecule has 1 amide bonds. The van der Waals surface area contributed by atoms with Crippen molar-refractivity contribution in [2.24, 2.45) is 11.3 Å². The zero-order valence-electron chi connectivity index (χ0n) is 23.2. The topological polar surface area (TPSA) is 104 Å². The lowest BCUT2D eigenvalue weighted by atomic mass is 9.93. The normalized spacial score (nSPS) is 17.6. The molecular weight excluding hydrogens is 514 g/mol. The maximum Gasteiger partial charge on any atom is 0.313 e. The van der Waals surface area contributed by atoms with Gasteiger partial charge in [-0.05, 0) is 67.3 Å². The molecule has 3 aromatic carbocycles. The number of amides is 1. The molecule has 0 spiro atoms. The van der Waals surface area contributed by atoms with Gasteiger partial charge in [-0.25, -0.2) is 5.06 Å². The number of ether oxygens (including phenoxy) is 4. The van der Waals surface area contributed by atoms with Gasteiger partial charge in [-0.2, -0.15) is 0 Å². The van der Waals surface area contributed by atoms with Crippen molar-refractivity contribution in [1.29, 1.82) is 0 Å². The van der Waals surface area contributed by atoms with Crippen LogP contribution in [0.2, 0.25) is 0 Å². The standard InChI is InChI=1S/C31H35NO8/c1-5-39-30(35)31(17-21-6-11-24(33)12-7-21)18-27(31)29(34)32(40-20-22-8-13-25(36-2)14-9-22)19-23-10-15-26(37-3)16-28(23)38-4/h6-16,27,33H,5,17-20H2,1-4H3/t27?,31-/m0/s1. The molecule has 212 valence electrons. The van der Waals surface area contributed by atoms with Crippen molar-refractivity contribution in [2.45, 2.75) is 32.9 Å². The van der Waals surface area contributed by atoms with Crippen molar-refractivity contribution in [2.75, 3.05) is 27.9 Å². The summed E-state index contributed by atoms with van der Waals surface area (Å²) in [5.41, 5.74) is 1.36. The maximum atomic E-state index is 14.0. The highest BCUT2D eigenvalue weighted by atomic mass is 16.7. The molecule has 0 bridgehead atoms. The summed E-state index contributed by atoms with van der Waals surface area (Å²) in [5, 5.41) is 11.0. The van der Waals surface area contributed by atoms with E-state index in [2.05, 4.69) is 0 Å². The Bertz CT molecular complexity index is 1310. The van der Waals surface area contributed by atoms with E-state index in [-0.39, 0.29) is 31.4 Å². The fourth-order valence-electron chi connectivity index (χ4n) is 4.75. The molecule has 0 radical (unpaired) electrons. The van der Waals surface area contributed by atoms with Gasteiger partial charge in [0, 0.05) is 11.6 Å². The minimum atomic E-state index is -1.02. The van der Waals surface area contributed by atoms with Crippen LogP contribution in [0.1, 0.15) is 30.0 Å². The van der Waals surface area contributed by atoms with Gasteiger partial charge in [0.15, 0.2) is 0 Å². The molecule has 0 aliphatic heterocycles. The first-order valence-corrected chi connectivity index (χ1v) is 13.1. The van der Waals surface area contributed by atoms with E-state index in [0.717, 1.165) is 11.1 Å². The molecular formula is C31H35NO8. The summed E-state index contributed by atoms with van der Waals surface area (Å²) in [6.07, 6.45) is 0.633. The Balaban J connectivity index is 1.60. The van der Waals surface area contributed by atoms with Crippen LogP contribution in [-0.4, -0.2) is 50.0 Å². The summed E-state index contributed by atoms with van der Waals surface area (Å²) in [4.78, 5) is 33.3. The van der Waals surface area contributed by atoms with Gasteiger partial charge >= 0.3 is 5.97 Å². The molecule has 0 heterocycles. The number of carbonyl (C=O) groups is 2. The Morgan fingerprint density at radius 3 is 2.17 bits per heavy atom. The van der Waals surface area contributed by atoms with Gasteiger partial charge in [0.2, 0.25) is 0 Å². The van der Waals surface area contributed by atoms with Crippen molar-refractivity contribution in [1.82, 2.24) is 5.06 Å². The van der Waals surface area contributed by atoms with Crippen molar-refractivity contribution in [3.63, 3.8) is 0 Å². The smallest absolute Gasteiger partial charge is 0.313 e. The third-order valence-electron chi connectivity index (χ3n) is 7.11. The largest absolute Gasteiger partial charge is 0.508 e. The second kappa shape index (κ2) is 12.7. The van der Waals surface area contributed by atoms with Gasteiger partial charge in [0.1, 0.15) is 29.6 Å². The minimum absolute atomic E-state index is 0.0940. The van der Waals surface area contributed by atoms with E-state index in [1.165, 1.54) is 5.06 Å². The number of benzene rings is 3. The number of hydrogen-bond donors (Lipinski definition) is 1. The summed E-state index contributed by atoms with van der Waals surface area (Å²) in [7, 11) is 4.71. The van der Waals surface area contributed by atoms with E-state index in [1.54, 1.807) is 64.7 Å². The Morgan fingerprint density at radius 2 is 1.55 bits per heavy atom. The minimum Gasteiger partial charge on any atom is -0.508 e. The number of methoxy groups -OCH3 is 3. The van der Waals surface area contributed by atoms with Crippen molar-refractivity contribution >= 4 is 11.9 Å². The number of hydrogen-bond acceptors (Lipinski definition) is 8. The third-order valence-corrected chi connectivity index (χ3v) is 7.11. The van der Waals surface area contributed by atoms with Crippen LogP contribution in [0.5, 0.6) is 23.0 Å². The average molecular weight is 550 g/mol. The van der Waals surface area contributed by atoms with E-state index in [4.69, 9.17) is 23.8 Å². The zero-order chi connectivity index (χ0) is 28.7. The molecule has 1 unspecified atom stereocenters. The highest BCUT2D eigenvalue weighted by molar-refractivity contribution is 5.93. The second-order valence-corrected chi connectivity index (χ2v) is 9.65. The molecule has 0 saturated heterocycles. The summed E-state index contributed by atoms with van der Waals surface area (Å²) in [6, 6.07) is 19.3. The molecule has 9 nitrogen and oxygen atoms in total. The van der Waals surface area contributed by atoms with Crippen LogP contribution in [0.3, 0.4) is 0 Å². The van der Waals surface area contributed by atoms with Crippen LogP contribution in [0.25, 0.3) is 0 Å². The summed E-state index contributed by atoms with van der Waals surface area (Å²) >= 11 is 0. The van der Waals surface area contributed by atoms with Crippen LogP contribution in [0.15, 0.2) is 66.7 Å². The molecule has 9 heteroatoms. The Morgan fingerprint density at radius 1 is 0.900 bits per heavy atom. The Labute approximate surface area is 234 Å². The monoisotopic (exact) mass is 549 g/mol. The van der Waals surface area contributed by atoms with E-state index < -0.39 is 17.3 Å². The number of phenols is 1. The SMILES string of the molecule is CCOC(=O)[C@@]1(Cc2ccc(O)cc2)CC1C(=O)N(Cc1ccc(OC)cc1OC)OCc1ccc(OC)cc1. The first-order valence-electron chi connectivity index (χ1n) is 13.1. The van der Waals surface area contributed by atoms with Gasteiger partial charge in [-0.1, -0.05) is 24.3 Å². The number of nitrogens with zero attached hydrogens (tertiary/aromatic N) is 1. The molecule has 1 saturated carbocycles. The lowest BCUT2D eigenvalue weighted by Crippen LogP contribution is -2.36. The Kier molecular flexibility index (Phi) is 9.16. The molecule has 3 aromatic rings. The molecule has 1 N–H and O–H groups in total. The van der Waals surface area contributed by atoms with Crippen LogP contribution in [0, 0.1) is 11.3 Å². The van der Waals surface area contributed by atoms with Crippen LogP contribution < -0.4 is 14.2 Å². The van der Waals surface area contributed by atoms with Crippen molar-refractivity contribution < 1.29 is 38.5 Å². The summed E-state index contributed by atoms with van der Waals surface area (Å²) in [6.45, 7) is 2.17. The van der Waals surface area contributed by atoms with Gasteiger partial charge < -0.3 is 24.1 Å². The molecule has 1 aliphatic rings. The number of aromatic hydroxyl groups is 1. The molecule has 1 fully saturated rings. The lowest BCUT2D eigenvalue weighted by Gasteiger charge is -2.25. The van der Waals surface area contributed by atoms with E-state index >= 15 is 0 Å². The fraction of sp³-hybridized carbons (Fsp3) is 0.355. The number of phenolic OH excluding ortho intramolecular Hbond substituents is 1. The number of hydroxylamine groups is 2. The molecule has 4 rings (SSSR count). The van der Waals surface area contributed by atoms with E-state index in [1.807, 2.05) is 30.3 Å². The quantitative estimate of drug-likeness (QED) is 0.242. The van der Waals surface area contributed by atoms with E-state index in [0.29, 0.717) is 35.7 Å². The molecule has 0 aromatic heterocycles. The zero-order valence-corrected chi connectivity index (χ0v) is 23.2. The lowest BCUT2D eigenvalue weighted by molar-refractivity contribution is -0.198. The highest BCUT2D eigenvalue weighted by Crippen LogP contribution is 2.57. The second-order valence-electron chi connectivity index (χ2n) is 9.65. The van der Waals surface area contributed by atoms with Crippen LogP contribution >= 0.6 is 0 Å². The van der Waals surface area contributed by atoms with Crippen molar-refractivity contribution in [3.05, 3.63) is 83.4 Å². The van der Waals surface area contributed by atoms with Gasteiger partial charge in [-0.3, -0.25) is 14.4 Å². The summed E-state index contributed by atoms with van der Waals surface area (Å²) in [5.74, 6) is 0.629. The first-order chi connectivity index (χ1) is 19.3. The van der Waals surface area contributed by atoms with Gasteiger partial charge in [0.25, 0.3) is 5.91 Å². The predicted molar refractivity (Wildman–Crippen MR) is 147 cm³/mol. The number of rotatable bonds is 13. The van der Waals surface area contributed by atoms with E-state index in [9.17, 15) is 14.7 Å². The molecule has 40 heavy (non-hydrogen) atoms. The predicted octanol–water partition coefficient (Wildman–Crippen LogP) is 4.69. The van der Waals surface area contributed by atoms with Crippen LogP contribution in [0.4, 0.5) is 0 Å². The molecule has 2 atom stereocenters. The summed E-state index contributed by atoms with van der Waals surface area (Å²) < 4.78 is 21.5. The van der Waals surface area contributed by atoms with Gasteiger partial charge in [-0.15, -0.1) is 0 Å². The number of carbonyl (C=O) groups excluding carboxylic acids is 2. The van der Waals surface area contributed by atoms with Crippen molar-refractivity contribution in [3.8, 4) is 23.0 Å².